The summed E-state index contributed by atoms with van der Waals surface area (Å²) in [6, 6.07) is 6.33. The van der Waals surface area contributed by atoms with Crippen LogP contribution in [-0.4, -0.2) is 34.3 Å². The van der Waals surface area contributed by atoms with Gasteiger partial charge in [0.2, 0.25) is 0 Å². The van der Waals surface area contributed by atoms with Crippen LogP contribution in [-0.2, 0) is 18.4 Å². The van der Waals surface area contributed by atoms with E-state index in [1.165, 1.54) is 18.5 Å². The maximum atomic E-state index is 12.9. The predicted molar refractivity (Wildman–Crippen MR) is 86.5 cm³/mol. The van der Waals surface area contributed by atoms with E-state index in [0.29, 0.717) is 19.0 Å². The van der Waals surface area contributed by atoms with Crippen molar-refractivity contribution >= 4 is 5.91 Å². The molecule has 1 aromatic heterocycles. The van der Waals surface area contributed by atoms with Crippen molar-refractivity contribution in [2.24, 2.45) is 13.0 Å². The Labute approximate surface area is 140 Å². The van der Waals surface area contributed by atoms with Crippen LogP contribution in [0.1, 0.15) is 30.3 Å². The highest BCUT2D eigenvalue weighted by Gasteiger charge is 2.36. The summed E-state index contributed by atoms with van der Waals surface area (Å²) >= 11 is 0. The highest BCUT2D eigenvalue weighted by molar-refractivity contribution is 5.77. The van der Waals surface area contributed by atoms with Gasteiger partial charge >= 0.3 is 0 Å². The number of quaternary nitrogens is 1. The van der Waals surface area contributed by atoms with E-state index < -0.39 is 0 Å². The molecule has 0 aliphatic heterocycles. The largest absolute Gasteiger partial charge is 0.341 e. The fourth-order valence-electron chi connectivity index (χ4n) is 2.92. The number of hydrogen-bond acceptors (Lipinski definition) is 3. The Kier molecular flexibility index (Phi) is 4.89. The van der Waals surface area contributed by atoms with Gasteiger partial charge in [-0.25, -0.2) is 9.37 Å². The lowest BCUT2D eigenvalue weighted by molar-refractivity contribution is -0.885. The van der Waals surface area contributed by atoms with Gasteiger partial charge < -0.3 is 10.2 Å². The van der Waals surface area contributed by atoms with Crippen molar-refractivity contribution in [1.29, 1.82) is 0 Å². The van der Waals surface area contributed by atoms with E-state index in [1.807, 2.05) is 14.1 Å². The zero-order valence-electron chi connectivity index (χ0n) is 14.0. The summed E-state index contributed by atoms with van der Waals surface area (Å²) in [6.45, 7) is 1.03. The van der Waals surface area contributed by atoms with E-state index in [4.69, 9.17) is 0 Å². The molecule has 2 N–H and O–H groups in total. The summed E-state index contributed by atoms with van der Waals surface area (Å²) in [5.74, 6) is 1.01. The van der Waals surface area contributed by atoms with E-state index in [9.17, 15) is 9.18 Å². The fourth-order valence-corrected chi connectivity index (χ4v) is 2.92. The minimum absolute atomic E-state index is 0.00508. The summed E-state index contributed by atoms with van der Waals surface area (Å²) in [5, 5.41) is 7.20. The number of aromatic nitrogens is 3. The van der Waals surface area contributed by atoms with Gasteiger partial charge in [0.25, 0.3) is 5.91 Å². The number of carbonyl (C=O) groups is 1. The molecule has 7 heteroatoms. The Bertz CT molecular complexity index is 695. The Hall–Kier alpha value is -2.28. The molecular formula is C17H23FN5O+. The monoisotopic (exact) mass is 332 g/mol. The Morgan fingerprint density at radius 3 is 2.71 bits per heavy atom. The third-order valence-electron chi connectivity index (χ3n) is 4.32. The summed E-state index contributed by atoms with van der Waals surface area (Å²) in [5.41, 5.74) is 1.01. The first-order chi connectivity index (χ1) is 11.5. The fraction of sp³-hybridized carbons (Fsp3) is 0.471. The third kappa shape index (κ3) is 4.17. The normalized spacial score (nSPS) is 16.6. The van der Waals surface area contributed by atoms with Crippen LogP contribution >= 0.6 is 0 Å². The molecule has 1 heterocycles. The lowest BCUT2D eigenvalue weighted by Gasteiger charge is -2.19. The molecule has 0 bridgehead atoms. The topological polar surface area (TPSA) is 64.2 Å². The zero-order chi connectivity index (χ0) is 17.1. The van der Waals surface area contributed by atoms with Crippen molar-refractivity contribution in [2.75, 3.05) is 13.6 Å². The quantitative estimate of drug-likeness (QED) is 0.763. The van der Waals surface area contributed by atoms with Gasteiger partial charge in [0.05, 0.1) is 13.1 Å². The maximum absolute atomic E-state index is 12.9. The van der Waals surface area contributed by atoms with Crippen molar-refractivity contribution in [3.63, 3.8) is 0 Å². The van der Waals surface area contributed by atoms with E-state index in [-0.39, 0.29) is 17.8 Å². The number of nitrogens with one attached hydrogen (secondary N) is 2. The summed E-state index contributed by atoms with van der Waals surface area (Å²) in [7, 11) is 3.80. The van der Waals surface area contributed by atoms with Crippen LogP contribution in [0, 0.1) is 11.7 Å². The van der Waals surface area contributed by atoms with Gasteiger partial charge in [-0.1, -0.05) is 12.1 Å². The molecule has 1 saturated carbocycles. The predicted octanol–water partition coefficient (Wildman–Crippen LogP) is 0.236. The van der Waals surface area contributed by atoms with Gasteiger partial charge in [0, 0.05) is 12.6 Å². The van der Waals surface area contributed by atoms with Crippen LogP contribution in [0.5, 0.6) is 0 Å². The second-order valence-electron chi connectivity index (χ2n) is 6.56. The van der Waals surface area contributed by atoms with Crippen molar-refractivity contribution in [3.05, 3.63) is 47.8 Å². The van der Waals surface area contributed by atoms with Crippen LogP contribution in [0.15, 0.2) is 30.6 Å². The Balaban J connectivity index is 1.55. The molecule has 0 spiro atoms. The third-order valence-corrected chi connectivity index (χ3v) is 4.32. The van der Waals surface area contributed by atoms with Gasteiger partial charge in [0.15, 0.2) is 6.54 Å². The van der Waals surface area contributed by atoms with Crippen molar-refractivity contribution in [3.8, 4) is 0 Å². The molecule has 1 unspecified atom stereocenters. The van der Waals surface area contributed by atoms with Crippen molar-refractivity contribution in [2.45, 2.75) is 25.4 Å². The molecule has 1 aromatic carbocycles. The molecule has 1 aliphatic rings. The van der Waals surface area contributed by atoms with Gasteiger partial charge in [-0.15, -0.1) is 0 Å². The molecule has 2 atom stereocenters. The lowest BCUT2D eigenvalue weighted by Crippen LogP contribution is -3.08. The van der Waals surface area contributed by atoms with Gasteiger partial charge in [-0.2, -0.15) is 5.10 Å². The average Bonchev–Trinajstić information content (AvgIpc) is 3.29. The van der Waals surface area contributed by atoms with Crippen molar-refractivity contribution in [1.82, 2.24) is 20.1 Å². The number of amides is 1. The number of rotatable bonds is 7. The van der Waals surface area contributed by atoms with Crippen LogP contribution in [0.3, 0.4) is 0 Å². The van der Waals surface area contributed by atoms with Crippen LogP contribution in [0.25, 0.3) is 0 Å². The number of halogens is 1. The van der Waals surface area contributed by atoms with Gasteiger partial charge in [-0.05, 0) is 30.9 Å². The molecular weight excluding hydrogens is 309 g/mol. The minimum atomic E-state index is -0.245. The number of hydrogen-bond donors (Lipinski definition) is 2. The maximum Gasteiger partial charge on any atom is 0.275 e. The first-order valence-corrected chi connectivity index (χ1v) is 8.22. The molecule has 0 saturated heterocycles. The number of carbonyl (C=O) groups excluding carboxylic acids is 1. The highest BCUT2D eigenvalue weighted by atomic mass is 19.1. The molecule has 6 nitrogen and oxygen atoms in total. The molecule has 2 aromatic rings. The standard InChI is InChI=1S/C17H22FN5O/c1-22(9-12-3-7-14(18)8-4-12)10-15(24)21-16(13-5-6-13)17-19-11-20-23(17)2/h3-4,7-8,11,13,16H,5-6,9-10H2,1-2H3,(H,21,24)/p+1/t16-/m1/s1. The lowest BCUT2D eigenvalue weighted by atomic mass is 10.1. The number of nitrogens with zero attached hydrogens (tertiary/aromatic N) is 3. The number of likely N-dealkylation sites (N-methyl/N-ethyl adjacent to an activating group) is 1. The molecule has 24 heavy (non-hydrogen) atoms. The zero-order valence-corrected chi connectivity index (χ0v) is 14.0. The number of benzene rings is 1. The Morgan fingerprint density at radius 1 is 1.42 bits per heavy atom. The second kappa shape index (κ2) is 7.09. The van der Waals surface area contributed by atoms with Gasteiger partial charge in [-0.3, -0.25) is 9.48 Å². The summed E-state index contributed by atoms with van der Waals surface area (Å²) < 4.78 is 14.7. The molecule has 128 valence electrons. The van der Waals surface area contributed by atoms with Gasteiger partial charge in [0.1, 0.15) is 24.5 Å². The molecule has 3 rings (SSSR count). The van der Waals surface area contributed by atoms with Crippen LogP contribution < -0.4 is 10.2 Å². The minimum Gasteiger partial charge on any atom is -0.341 e. The molecule has 1 amide bonds. The van der Waals surface area contributed by atoms with Crippen LogP contribution in [0.4, 0.5) is 4.39 Å². The molecule has 1 fully saturated rings. The highest BCUT2D eigenvalue weighted by Crippen LogP contribution is 2.40. The second-order valence-corrected chi connectivity index (χ2v) is 6.56. The van der Waals surface area contributed by atoms with Crippen LogP contribution in [0.2, 0.25) is 0 Å². The molecule has 0 radical (unpaired) electrons. The Morgan fingerprint density at radius 2 is 2.12 bits per heavy atom. The summed E-state index contributed by atoms with van der Waals surface area (Å²) in [4.78, 5) is 17.7. The van der Waals surface area contributed by atoms with Crippen molar-refractivity contribution < 1.29 is 14.1 Å². The first kappa shape index (κ1) is 16.6. The van der Waals surface area contributed by atoms with E-state index in [0.717, 1.165) is 29.1 Å². The first-order valence-electron chi connectivity index (χ1n) is 8.22. The van der Waals surface area contributed by atoms with E-state index >= 15 is 0 Å². The number of aryl methyl sites for hydroxylation is 1. The smallest absolute Gasteiger partial charge is 0.275 e. The van der Waals surface area contributed by atoms with E-state index in [1.54, 1.807) is 16.8 Å². The average molecular weight is 332 g/mol. The van der Waals surface area contributed by atoms with E-state index in [2.05, 4.69) is 15.4 Å². The SMILES string of the molecule is Cn1ncnc1[C@H](NC(=O)C[NH+](C)Cc1ccc(F)cc1)C1CC1. The summed E-state index contributed by atoms with van der Waals surface area (Å²) in [6.07, 6.45) is 3.73. The molecule has 1 aliphatic carbocycles.